The minimum absolute atomic E-state index is 0.0107. The Balaban J connectivity index is 0. The minimum Gasteiger partial charge on any atom is -0.469 e. The topological polar surface area (TPSA) is 119 Å². The van der Waals surface area contributed by atoms with Gasteiger partial charge in [-0.25, -0.2) is 0 Å². The maximum absolute atomic E-state index is 12.6. The Bertz CT molecular complexity index is 973. The highest BCUT2D eigenvalue weighted by Crippen LogP contribution is 2.20. The first-order valence-electron chi connectivity index (χ1n) is 28.5. The third kappa shape index (κ3) is 54.8. The van der Waals surface area contributed by atoms with Gasteiger partial charge < -0.3 is 24.4 Å². The van der Waals surface area contributed by atoms with Crippen LogP contribution in [-0.4, -0.2) is 60.1 Å². The molecule has 0 spiro atoms. The Morgan fingerprint density at radius 2 is 0.600 bits per heavy atom. The van der Waals surface area contributed by atoms with Crippen molar-refractivity contribution in [3.05, 3.63) is 0 Å². The van der Waals surface area contributed by atoms with Crippen molar-refractivity contribution in [3.63, 3.8) is 0 Å². The van der Waals surface area contributed by atoms with Crippen molar-refractivity contribution in [2.75, 3.05) is 13.7 Å². The molecule has 0 rings (SSSR count). The lowest BCUT2D eigenvalue weighted by atomic mass is 10.0. The van der Waals surface area contributed by atoms with Crippen molar-refractivity contribution in [2.45, 2.75) is 335 Å². The molecule has 0 bridgehead atoms. The number of aliphatic hydroxyl groups is 2. The molecule has 3 atom stereocenters. The van der Waals surface area contributed by atoms with Crippen LogP contribution in [0.25, 0.3) is 0 Å². The van der Waals surface area contributed by atoms with Gasteiger partial charge in [0.05, 0.1) is 25.9 Å². The van der Waals surface area contributed by atoms with Crippen LogP contribution in [0.3, 0.4) is 0 Å². The van der Waals surface area contributed by atoms with Crippen LogP contribution in [0.15, 0.2) is 0 Å². The largest absolute Gasteiger partial charge is 0.469 e. The summed E-state index contributed by atoms with van der Waals surface area (Å²) in [6, 6.07) is 0. The van der Waals surface area contributed by atoms with Gasteiger partial charge in [-0.3, -0.25) is 14.4 Å². The second kappa shape index (κ2) is 54.9. The molecule has 0 aromatic carbocycles. The third-order valence-electron chi connectivity index (χ3n) is 13.0. The van der Waals surface area contributed by atoms with E-state index in [4.69, 9.17) is 9.47 Å². The van der Waals surface area contributed by atoms with E-state index in [1.807, 2.05) is 6.92 Å². The second-order valence-electron chi connectivity index (χ2n) is 19.4. The fraction of sp³-hybridized carbons (Fsp3) is 0.947. The first-order valence-corrected chi connectivity index (χ1v) is 28.5. The standard InChI is InChI=1S/C38H74O5.C19H38O3/c1-4-7-9-23-29-35(39)30-24-19-15-11-13-18-22-28-34-38(41)43-36(31-25-10-8-5-2)32-26-20-16-12-14-17-21-27-33-37(40)42-6-3;1-3-4-5-12-15-18(20)16-13-10-8-6-7-9-11-14-17-19(21)22-2/h35-36,39H,4-34H2,1-3H3;18,20H,3-17H2,1-2H3. The Kier molecular flexibility index (Phi) is 55.3. The monoisotopic (exact) mass is 925 g/mol. The predicted molar refractivity (Wildman–Crippen MR) is 275 cm³/mol. The Hall–Kier alpha value is -1.67. The molecule has 0 saturated heterocycles. The molecule has 65 heavy (non-hydrogen) atoms. The van der Waals surface area contributed by atoms with E-state index in [2.05, 4.69) is 25.5 Å². The summed E-state index contributed by atoms with van der Waals surface area (Å²) in [6.07, 6.45) is 50.8. The zero-order valence-electron chi connectivity index (χ0n) is 44.1. The summed E-state index contributed by atoms with van der Waals surface area (Å²) >= 11 is 0. The highest BCUT2D eigenvalue weighted by molar-refractivity contribution is 5.69. The van der Waals surface area contributed by atoms with E-state index in [0.717, 1.165) is 103 Å². The smallest absolute Gasteiger partial charge is 0.306 e. The molecule has 0 aromatic rings. The third-order valence-corrected chi connectivity index (χ3v) is 13.0. The van der Waals surface area contributed by atoms with E-state index in [0.29, 0.717) is 25.9 Å². The zero-order valence-corrected chi connectivity index (χ0v) is 44.1. The van der Waals surface area contributed by atoms with Crippen LogP contribution in [-0.2, 0) is 28.6 Å². The lowest BCUT2D eigenvalue weighted by Crippen LogP contribution is -2.18. The van der Waals surface area contributed by atoms with Gasteiger partial charge in [0.2, 0.25) is 0 Å². The van der Waals surface area contributed by atoms with Gasteiger partial charge in [0.25, 0.3) is 0 Å². The SMILES string of the molecule is CCCCCCC(O)CCCCCCCCCCC(=O)OC.CCCCCCC(O)CCCCCCCCCCC(=O)OC(CCCCCC)CCCCCCCCCCC(=O)OCC. The van der Waals surface area contributed by atoms with Gasteiger partial charge in [-0.05, 0) is 77.6 Å². The summed E-state index contributed by atoms with van der Waals surface area (Å²) in [7, 11) is 1.45. The van der Waals surface area contributed by atoms with Crippen LogP contribution in [0.1, 0.15) is 317 Å². The molecule has 0 amide bonds. The van der Waals surface area contributed by atoms with Gasteiger partial charge in [0.15, 0.2) is 0 Å². The van der Waals surface area contributed by atoms with Crippen molar-refractivity contribution >= 4 is 17.9 Å². The van der Waals surface area contributed by atoms with Crippen LogP contribution in [0.2, 0.25) is 0 Å². The first kappa shape index (κ1) is 65.4. The molecule has 0 aliphatic heterocycles. The molecular weight excluding hydrogens is 813 g/mol. The maximum atomic E-state index is 12.6. The van der Waals surface area contributed by atoms with Gasteiger partial charge in [0, 0.05) is 19.3 Å². The fourth-order valence-corrected chi connectivity index (χ4v) is 8.67. The maximum Gasteiger partial charge on any atom is 0.306 e. The Labute approximate surface area is 404 Å². The van der Waals surface area contributed by atoms with Crippen LogP contribution >= 0.6 is 0 Å². The van der Waals surface area contributed by atoms with Crippen molar-refractivity contribution < 1.29 is 38.8 Å². The van der Waals surface area contributed by atoms with Gasteiger partial charge in [-0.1, -0.05) is 220 Å². The van der Waals surface area contributed by atoms with E-state index < -0.39 is 0 Å². The van der Waals surface area contributed by atoms with Gasteiger partial charge in [-0.2, -0.15) is 0 Å². The molecule has 0 radical (unpaired) electrons. The summed E-state index contributed by atoms with van der Waals surface area (Å²) in [6.45, 7) is 9.01. The summed E-state index contributed by atoms with van der Waals surface area (Å²) in [5.74, 6) is -0.143. The molecule has 388 valence electrons. The number of hydrogen-bond acceptors (Lipinski definition) is 8. The van der Waals surface area contributed by atoms with Crippen LogP contribution in [0.4, 0.5) is 0 Å². The Morgan fingerprint density at radius 1 is 0.338 bits per heavy atom. The van der Waals surface area contributed by atoms with E-state index >= 15 is 0 Å². The normalized spacial score (nSPS) is 12.6. The number of carbonyl (C=O) groups excluding carboxylic acids is 3. The number of esters is 3. The fourth-order valence-electron chi connectivity index (χ4n) is 8.67. The number of ether oxygens (including phenoxy) is 3. The number of carbonyl (C=O) groups is 3. The van der Waals surface area contributed by atoms with Crippen LogP contribution in [0.5, 0.6) is 0 Å². The summed E-state index contributed by atoms with van der Waals surface area (Å²) in [5, 5.41) is 20.0. The quantitative estimate of drug-likeness (QED) is 0.0352. The predicted octanol–water partition coefficient (Wildman–Crippen LogP) is 17.0. The average Bonchev–Trinajstić information content (AvgIpc) is 3.29. The van der Waals surface area contributed by atoms with Gasteiger partial charge in [0.1, 0.15) is 6.10 Å². The second-order valence-corrected chi connectivity index (χ2v) is 19.4. The molecule has 0 fully saturated rings. The molecule has 8 nitrogen and oxygen atoms in total. The summed E-state index contributed by atoms with van der Waals surface area (Å²) in [4.78, 5) is 34.9. The number of hydrogen-bond donors (Lipinski definition) is 2. The van der Waals surface area contributed by atoms with Crippen LogP contribution < -0.4 is 0 Å². The molecule has 0 aliphatic carbocycles. The minimum atomic E-state index is -0.0930. The van der Waals surface area contributed by atoms with Crippen molar-refractivity contribution in [2.24, 2.45) is 0 Å². The van der Waals surface area contributed by atoms with Gasteiger partial charge >= 0.3 is 17.9 Å². The van der Waals surface area contributed by atoms with Gasteiger partial charge in [-0.15, -0.1) is 0 Å². The highest BCUT2D eigenvalue weighted by Gasteiger charge is 2.14. The van der Waals surface area contributed by atoms with Crippen molar-refractivity contribution in [3.8, 4) is 0 Å². The van der Waals surface area contributed by atoms with Crippen molar-refractivity contribution in [1.82, 2.24) is 0 Å². The van der Waals surface area contributed by atoms with Crippen LogP contribution in [0, 0.1) is 0 Å². The lowest BCUT2D eigenvalue weighted by molar-refractivity contribution is -0.150. The number of aliphatic hydroxyl groups excluding tert-OH is 2. The van der Waals surface area contributed by atoms with E-state index in [1.165, 1.54) is 174 Å². The Morgan fingerprint density at radius 3 is 0.908 bits per heavy atom. The average molecular weight is 926 g/mol. The zero-order chi connectivity index (χ0) is 48.1. The van der Waals surface area contributed by atoms with E-state index in [-0.39, 0.29) is 36.2 Å². The molecule has 0 saturated carbocycles. The molecule has 0 aromatic heterocycles. The van der Waals surface area contributed by atoms with E-state index in [9.17, 15) is 24.6 Å². The molecular formula is C57H112O8. The molecule has 0 aliphatic rings. The lowest BCUT2D eigenvalue weighted by Gasteiger charge is -2.18. The number of rotatable bonds is 50. The molecule has 2 N–H and O–H groups in total. The molecule has 8 heteroatoms. The molecule has 3 unspecified atom stereocenters. The number of methoxy groups -OCH3 is 1. The summed E-state index contributed by atoms with van der Waals surface area (Å²) in [5.41, 5.74) is 0. The summed E-state index contributed by atoms with van der Waals surface area (Å²) < 4.78 is 15.6. The van der Waals surface area contributed by atoms with E-state index in [1.54, 1.807) is 0 Å². The van der Waals surface area contributed by atoms with Crippen molar-refractivity contribution in [1.29, 1.82) is 0 Å². The molecule has 0 heterocycles. The number of unbranched alkanes of at least 4 members (excludes halogenated alkanes) is 30. The highest BCUT2D eigenvalue weighted by atomic mass is 16.5. The first-order chi connectivity index (χ1) is 31.7.